The van der Waals surface area contributed by atoms with Crippen LogP contribution in [0.5, 0.6) is 5.75 Å². The van der Waals surface area contributed by atoms with E-state index in [1.807, 2.05) is 24.3 Å². The molecular weight excluding hydrogens is 302 g/mol. The van der Waals surface area contributed by atoms with Crippen LogP contribution in [-0.2, 0) is 4.84 Å². The number of hydrogen-bond donors (Lipinski definition) is 1. The minimum Gasteiger partial charge on any atom is -0.436 e. The van der Waals surface area contributed by atoms with Gasteiger partial charge in [0.15, 0.2) is 5.75 Å². The van der Waals surface area contributed by atoms with E-state index in [2.05, 4.69) is 51.8 Å². The summed E-state index contributed by atoms with van der Waals surface area (Å²) in [6, 6.07) is 18.6. The highest BCUT2D eigenvalue weighted by atomic mass is 16.7. The van der Waals surface area contributed by atoms with Gasteiger partial charge in [0, 0.05) is 6.08 Å². The first kappa shape index (κ1) is 14.4. The van der Waals surface area contributed by atoms with Crippen LogP contribution < -0.4 is 10.2 Å². The van der Waals surface area contributed by atoms with Crippen molar-refractivity contribution in [2.75, 3.05) is 0 Å². The van der Waals surface area contributed by atoms with Crippen LogP contribution >= 0.6 is 0 Å². The normalized spacial score (nSPS) is 16.3. The fourth-order valence-electron chi connectivity index (χ4n) is 2.51. The first-order chi connectivity index (χ1) is 11.9. The summed E-state index contributed by atoms with van der Waals surface area (Å²) in [6.45, 7) is 0. The molecule has 0 bridgehead atoms. The van der Waals surface area contributed by atoms with Crippen molar-refractivity contribution < 1.29 is 9.57 Å². The average molecular weight is 317 g/mol. The van der Waals surface area contributed by atoms with Crippen molar-refractivity contribution in [3.63, 3.8) is 0 Å². The van der Waals surface area contributed by atoms with Crippen LogP contribution in [-0.4, -0.2) is 9.97 Å². The van der Waals surface area contributed by atoms with Gasteiger partial charge in [-0.1, -0.05) is 54.6 Å². The van der Waals surface area contributed by atoms with Gasteiger partial charge in [-0.05, 0) is 16.7 Å². The highest BCUT2D eigenvalue weighted by molar-refractivity contribution is 5.63. The second-order valence-electron chi connectivity index (χ2n) is 5.34. The van der Waals surface area contributed by atoms with Gasteiger partial charge in [0.25, 0.3) is 0 Å². The summed E-state index contributed by atoms with van der Waals surface area (Å²) in [4.78, 5) is 13.4. The monoisotopic (exact) mass is 317 g/mol. The third-order valence-corrected chi connectivity index (χ3v) is 3.70. The molecule has 3 aromatic rings. The van der Waals surface area contributed by atoms with Crippen LogP contribution in [0.4, 0.5) is 0 Å². The predicted molar refractivity (Wildman–Crippen MR) is 89.6 cm³/mol. The predicted octanol–water partition coefficient (Wildman–Crippen LogP) is 3.64. The fraction of sp³-hybridized carbons (Fsp3) is 0.0526. The number of aromatic nitrogens is 2. The number of ether oxygens (including phenoxy) is 1. The maximum Gasteiger partial charge on any atom is 0.216 e. The Morgan fingerprint density at radius 3 is 2.33 bits per heavy atom. The third-order valence-electron chi connectivity index (χ3n) is 3.70. The Labute approximate surface area is 139 Å². The summed E-state index contributed by atoms with van der Waals surface area (Å²) >= 11 is 0. The zero-order chi connectivity index (χ0) is 16.2. The fourth-order valence-corrected chi connectivity index (χ4v) is 2.51. The van der Waals surface area contributed by atoms with E-state index in [-0.39, 0.29) is 6.10 Å². The molecule has 1 N–H and O–H groups in total. The van der Waals surface area contributed by atoms with Gasteiger partial charge in [0.2, 0.25) is 5.88 Å². The molecule has 4 rings (SSSR count). The molecule has 0 saturated carbocycles. The van der Waals surface area contributed by atoms with Crippen LogP contribution in [0.3, 0.4) is 0 Å². The van der Waals surface area contributed by atoms with E-state index in [1.165, 1.54) is 17.5 Å². The third kappa shape index (κ3) is 3.11. The van der Waals surface area contributed by atoms with E-state index in [0.717, 1.165) is 5.56 Å². The van der Waals surface area contributed by atoms with E-state index in [9.17, 15) is 0 Å². The Kier molecular flexibility index (Phi) is 3.91. The van der Waals surface area contributed by atoms with Crippen molar-refractivity contribution in [2.45, 2.75) is 6.10 Å². The maximum atomic E-state index is 5.62. The molecule has 0 spiro atoms. The molecule has 1 atom stereocenters. The lowest BCUT2D eigenvalue weighted by Gasteiger charge is -2.08. The Bertz CT molecular complexity index is 834. The maximum absolute atomic E-state index is 5.62. The lowest BCUT2D eigenvalue weighted by molar-refractivity contribution is 0.0273. The van der Waals surface area contributed by atoms with Gasteiger partial charge < -0.3 is 4.74 Å². The van der Waals surface area contributed by atoms with E-state index in [4.69, 9.17) is 9.57 Å². The molecule has 0 saturated heterocycles. The second-order valence-corrected chi connectivity index (χ2v) is 5.34. The summed E-state index contributed by atoms with van der Waals surface area (Å²) in [5.74, 6) is 1.09. The molecular formula is C19H15N3O2. The van der Waals surface area contributed by atoms with Crippen molar-refractivity contribution in [1.82, 2.24) is 15.4 Å². The summed E-state index contributed by atoms with van der Waals surface area (Å²) in [5, 5.41) is 0. The molecule has 0 aliphatic carbocycles. The minimum absolute atomic E-state index is 0.200. The highest BCUT2D eigenvalue weighted by Crippen LogP contribution is 2.27. The first-order valence-electron chi connectivity index (χ1n) is 7.60. The number of hydroxylamine groups is 1. The summed E-state index contributed by atoms with van der Waals surface area (Å²) in [5.41, 5.74) is 6.20. The summed E-state index contributed by atoms with van der Waals surface area (Å²) in [7, 11) is 0. The molecule has 5 nitrogen and oxygen atoms in total. The lowest BCUT2D eigenvalue weighted by atomic mass is 10.0. The summed E-state index contributed by atoms with van der Waals surface area (Å²) in [6.07, 6.45) is 6.32. The number of hydrogen-bond acceptors (Lipinski definition) is 5. The van der Waals surface area contributed by atoms with Gasteiger partial charge in [-0.25, -0.2) is 15.4 Å². The van der Waals surface area contributed by atoms with E-state index < -0.39 is 0 Å². The second kappa shape index (κ2) is 6.52. The SMILES string of the molecule is C1=C(Oc2cncnc2)NOC1c1ccc(-c2ccccc2)cc1. The Morgan fingerprint density at radius 2 is 1.58 bits per heavy atom. The molecule has 5 heteroatoms. The van der Waals surface area contributed by atoms with E-state index in [0.29, 0.717) is 11.6 Å². The molecule has 2 aromatic carbocycles. The first-order valence-corrected chi connectivity index (χ1v) is 7.60. The van der Waals surface area contributed by atoms with E-state index >= 15 is 0 Å². The number of nitrogens with one attached hydrogen (secondary N) is 1. The van der Waals surface area contributed by atoms with Crippen LogP contribution in [0.1, 0.15) is 11.7 Å². The molecule has 118 valence electrons. The Hall–Kier alpha value is -3.18. The zero-order valence-electron chi connectivity index (χ0n) is 12.8. The van der Waals surface area contributed by atoms with Crippen molar-refractivity contribution >= 4 is 0 Å². The van der Waals surface area contributed by atoms with Crippen molar-refractivity contribution in [3.8, 4) is 16.9 Å². The van der Waals surface area contributed by atoms with Crippen molar-refractivity contribution in [2.24, 2.45) is 0 Å². The Balaban J connectivity index is 1.48. The molecule has 0 amide bonds. The number of rotatable bonds is 4. The van der Waals surface area contributed by atoms with Crippen LogP contribution in [0.2, 0.25) is 0 Å². The molecule has 0 fully saturated rings. The summed E-state index contributed by atoms with van der Waals surface area (Å²) < 4.78 is 5.62. The average Bonchev–Trinajstić information content (AvgIpc) is 3.12. The molecule has 2 heterocycles. The van der Waals surface area contributed by atoms with Gasteiger partial charge in [-0.3, -0.25) is 4.84 Å². The molecule has 1 aliphatic rings. The topological polar surface area (TPSA) is 56.3 Å². The molecule has 1 unspecified atom stereocenters. The molecule has 0 radical (unpaired) electrons. The van der Waals surface area contributed by atoms with Gasteiger partial charge in [0.05, 0.1) is 12.4 Å². The van der Waals surface area contributed by atoms with Gasteiger partial charge >= 0.3 is 0 Å². The smallest absolute Gasteiger partial charge is 0.216 e. The minimum atomic E-state index is -0.200. The number of nitrogens with zero attached hydrogens (tertiary/aromatic N) is 2. The van der Waals surface area contributed by atoms with E-state index in [1.54, 1.807) is 12.4 Å². The van der Waals surface area contributed by atoms with Gasteiger partial charge in [0.1, 0.15) is 12.4 Å². The highest BCUT2D eigenvalue weighted by Gasteiger charge is 2.20. The number of benzene rings is 2. The lowest BCUT2D eigenvalue weighted by Crippen LogP contribution is -2.12. The van der Waals surface area contributed by atoms with Crippen LogP contribution in [0, 0.1) is 0 Å². The quantitative estimate of drug-likeness (QED) is 0.796. The van der Waals surface area contributed by atoms with Gasteiger partial charge in [-0.2, -0.15) is 0 Å². The largest absolute Gasteiger partial charge is 0.436 e. The Morgan fingerprint density at radius 1 is 0.875 bits per heavy atom. The van der Waals surface area contributed by atoms with Gasteiger partial charge in [-0.15, -0.1) is 0 Å². The molecule has 24 heavy (non-hydrogen) atoms. The van der Waals surface area contributed by atoms with Crippen molar-refractivity contribution in [3.05, 3.63) is 90.8 Å². The van der Waals surface area contributed by atoms with Crippen molar-refractivity contribution in [1.29, 1.82) is 0 Å². The van der Waals surface area contributed by atoms with Crippen LogP contribution in [0.15, 0.2) is 85.3 Å². The molecule has 1 aromatic heterocycles. The van der Waals surface area contributed by atoms with Crippen LogP contribution in [0.25, 0.3) is 11.1 Å². The molecule has 1 aliphatic heterocycles. The zero-order valence-corrected chi connectivity index (χ0v) is 12.8. The standard InChI is InChI=1S/C19H15N3O2/c1-2-4-14(5-3-1)15-6-8-16(9-7-15)18-10-19(22-24-18)23-17-11-20-13-21-12-17/h1-13,18,22H.